The molecule has 0 radical (unpaired) electrons. The quantitative estimate of drug-likeness (QED) is 0.736. The van der Waals surface area contributed by atoms with Crippen molar-refractivity contribution in [3.05, 3.63) is 0 Å². The highest BCUT2D eigenvalue weighted by molar-refractivity contribution is 8.11. The number of hydrogen-bond acceptors (Lipinski definition) is 4. The number of rotatable bonds is 3. The minimum absolute atomic E-state index is 0.107. The molecule has 0 atom stereocenters. The number of hydrogen-bond donors (Lipinski definition) is 0. The van der Waals surface area contributed by atoms with Crippen molar-refractivity contribution in [1.29, 1.82) is 0 Å². The van der Waals surface area contributed by atoms with Crippen LogP contribution in [0.2, 0.25) is 0 Å². The van der Waals surface area contributed by atoms with E-state index in [1.54, 1.807) is 25.7 Å². The maximum Gasteiger partial charge on any atom is 0.410 e. The first-order valence-electron chi connectivity index (χ1n) is 5.63. The summed E-state index contributed by atoms with van der Waals surface area (Å²) in [6.45, 7) is 6.70. The molecule has 0 N–H and O–H groups in total. The molecule has 0 saturated carbocycles. The van der Waals surface area contributed by atoms with Gasteiger partial charge in [0.1, 0.15) is 5.60 Å². The van der Waals surface area contributed by atoms with Gasteiger partial charge in [0.25, 0.3) is 9.24 Å². The maximum atomic E-state index is 11.6. The molecular weight excluding hydrogens is 280 g/mol. The SMILES string of the molecule is CN(CC1CN(C(=O)OC(C)(C)C)C1)S(=O)(=O)Cl. The molecule has 1 aliphatic rings. The van der Waals surface area contributed by atoms with Gasteiger partial charge in [-0.25, -0.2) is 4.79 Å². The largest absolute Gasteiger partial charge is 0.444 e. The molecule has 1 rings (SSSR count). The van der Waals surface area contributed by atoms with Crippen molar-refractivity contribution in [2.45, 2.75) is 26.4 Å². The highest BCUT2D eigenvalue weighted by atomic mass is 35.7. The number of nitrogens with zero attached hydrogens (tertiary/aromatic N) is 2. The van der Waals surface area contributed by atoms with Crippen LogP contribution in [0.25, 0.3) is 0 Å². The summed E-state index contributed by atoms with van der Waals surface area (Å²) in [5.74, 6) is 0.107. The zero-order valence-corrected chi connectivity index (χ0v) is 12.6. The average Bonchev–Trinajstić information content (AvgIpc) is 2.04. The number of likely N-dealkylation sites (tertiary alicyclic amines) is 1. The topological polar surface area (TPSA) is 66.9 Å². The molecule has 1 saturated heterocycles. The van der Waals surface area contributed by atoms with E-state index in [4.69, 9.17) is 15.4 Å². The van der Waals surface area contributed by atoms with Gasteiger partial charge >= 0.3 is 6.09 Å². The molecule has 6 nitrogen and oxygen atoms in total. The predicted molar refractivity (Wildman–Crippen MR) is 68.7 cm³/mol. The Kier molecular flexibility index (Phi) is 4.51. The van der Waals surface area contributed by atoms with Gasteiger partial charge in [-0.1, -0.05) is 0 Å². The second-order valence-electron chi connectivity index (χ2n) is 5.47. The van der Waals surface area contributed by atoms with Gasteiger partial charge in [-0.15, -0.1) is 0 Å². The summed E-state index contributed by atoms with van der Waals surface area (Å²) in [6.07, 6.45) is -0.366. The van der Waals surface area contributed by atoms with Gasteiger partial charge in [0.15, 0.2) is 0 Å². The fraction of sp³-hybridized carbons (Fsp3) is 0.900. The van der Waals surface area contributed by atoms with E-state index in [9.17, 15) is 13.2 Å². The zero-order chi connectivity index (χ0) is 14.1. The molecule has 1 aliphatic heterocycles. The molecule has 8 heteroatoms. The monoisotopic (exact) mass is 298 g/mol. The van der Waals surface area contributed by atoms with E-state index >= 15 is 0 Å². The van der Waals surface area contributed by atoms with Crippen LogP contribution in [-0.2, 0) is 14.0 Å². The fourth-order valence-electron chi connectivity index (χ4n) is 1.61. The summed E-state index contributed by atoms with van der Waals surface area (Å²) in [4.78, 5) is 13.2. The summed E-state index contributed by atoms with van der Waals surface area (Å²) in [5.41, 5.74) is -0.515. The third kappa shape index (κ3) is 4.62. The predicted octanol–water partition coefficient (Wildman–Crippen LogP) is 1.27. The van der Waals surface area contributed by atoms with Gasteiger partial charge < -0.3 is 9.64 Å². The lowest BCUT2D eigenvalue weighted by Gasteiger charge is -2.40. The Morgan fingerprint density at radius 1 is 1.44 bits per heavy atom. The Labute approximate surface area is 112 Å². The van der Waals surface area contributed by atoms with Crippen molar-refractivity contribution in [3.8, 4) is 0 Å². The Morgan fingerprint density at radius 3 is 2.33 bits per heavy atom. The smallest absolute Gasteiger partial charge is 0.410 e. The van der Waals surface area contributed by atoms with Crippen LogP contribution in [0.3, 0.4) is 0 Å². The van der Waals surface area contributed by atoms with Crippen molar-refractivity contribution in [2.24, 2.45) is 5.92 Å². The molecule has 0 aromatic heterocycles. The molecule has 0 bridgehead atoms. The number of ether oxygens (including phenoxy) is 1. The van der Waals surface area contributed by atoms with Crippen molar-refractivity contribution in [3.63, 3.8) is 0 Å². The Balaban J connectivity index is 2.35. The number of amides is 1. The van der Waals surface area contributed by atoms with Crippen molar-refractivity contribution < 1.29 is 17.9 Å². The van der Waals surface area contributed by atoms with Gasteiger partial charge in [-0.2, -0.15) is 12.7 Å². The van der Waals surface area contributed by atoms with Crippen LogP contribution in [-0.4, -0.2) is 56.0 Å². The first-order valence-corrected chi connectivity index (χ1v) is 7.89. The summed E-state index contributed by atoms with van der Waals surface area (Å²) in [5, 5.41) is 0. The Bertz CT molecular complexity index is 412. The lowest BCUT2D eigenvalue weighted by molar-refractivity contribution is -0.00254. The zero-order valence-electron chi connectivity index (χ0n) is 11.0. The second kappa shape index (κ2) is 5.22. The Hall–Kier alpha value is -0.530. The van der Waals surface area contributed by atoms with Gasteiger partial charge in [0, 0.05) is 43.3 Å². The van der Waals surface area contributed by atoms with Crippen LogP contribution >= 0.6 is 10.7 Å². The third-order valence-corrected chi connectivity index (χ3v) is 4.10. The minimum atomic E-state index is -3.67. The van der Waals surface area contributed by atoms with Crippen molar-refractivity contribution in [1.82, 2.24) is 9.21 Å². The summed E-state index contributed by atoms with van der Waals surface area (Å²) < 4.78 is 28.3. The number of halogens is 1. The van der Waals surface area contributed by atoms with Crippen LogP contribution in [0.5, 0.6) is 0 Å². The highest BCUT2D eigenvalue weighted by Gasteiger charge is 2.35. The lowest BCUT2D eigenvalue weighted by Crippen LogP contribution is -2.54. The summed E-state index contributed by atoms with van der Waals surface area (Å²) in [6, 6.07) is 0. The van der Waals surface area contributed by atoms with E-state index in [0.717, 1.165) is 4.31 Å². The lowest BCUT2D eigenvalue weighted by atomic mass is 10.0. The van der Waals surface area contributed by atoms with E-state index in [1.807, 2.05) is 0 Å². The summed E-state index contributed by atoms with van der Waals surface area (Å²) >= 11 is 0. The van der Waals surface area contributed by atoms with Gasteiger partial charge in [-0.05, 0) is 20.8 Å². The molecule has 18 heavy (non-hydrogen) atoms. The van der Waals surface area contributed by atoms with Crippen molar-refractivity contribution in [2.75, 3.05) is 26.7 Å². The normalized spacial score (nSPS) is 17.8. The van der Waals surface area contributed by atoms with E-state index in [2.05, 4.69) is 0 Å². The van der Waals surface area contributed by atoms with Crippen LogP contribution in [0.15, 0.2) is 0 Å². The highest BCUT2D eigenvalue weighted by Crippen LogP contribution is 2.21. The van der Waals surface area contributed by atoms with E-state index in [1.165, 1.54) is 7.05 Å². The first kappa shape index (κ1) is 15.5. The number of carbonyl (C=O) groups is 1. The third-order valence-electron chi connectivity index (χ3n) is 2.50. The minimum Gasteiger partial charge on any atom is -0.444 e. The molecule has 1 heterocycles. The van der Waals surface area contributed by atoms with Crippen LogP contribution in [0.1, 0.15) is 20.8 Å². The molecular formula is C10H19ClN2O4S. The molecule has 0 aromatic carbocycles. The average molecular weight is 299 g/mol. The van der Waals surface area contributed by atoms with E-state index < -0.39 is 14.8 Å². The molecule has 0 aliphatic carbocycles. The van der Waals surface area contributed by atoms with Crippen molar-refractivity contribution >= 4 is 26.0 Å². The van der Waals surface area contributed by atoms with E-state index in [0.29, 0.717) is 19.6 Å². The van der Waals surface area contributed by atoms with Crippen LogP contribution in [0.4, 0.5) is 4.79 Å². The standard InChI is InChI=1S/C10H19ClN2O4S/c1-10(2,3)17-9(14)13-6-8(7-13)5-12(4)18(11,15)16/h8H,5-7H2,1-4H3. The van der Waals surface area contributed by atoms with Gasteiger partial charge in [-0.3, -0.25) is 0 Å². The van der Waals surface area contributed by atoms with Gasteiger partial charge in [0.2, 0.25) is 0 Å². The first-order chi connectivity index (χ1) is 7.99. The fourth-order valence-corrected chi connectivity index (χ4v) is 2.17. The molecule has 1 amide bonds. The van der Waals surface area contributed by atoms with Crippen LogP contribution in [0, 0.1) is 5.92 Å². The Morgan fingerprint density at radius 2 is 1.94 bits per heavy atom. The van der Waals surface area contributed by atoms with E-state index in [-0.39, 0.29) is 12.0 Å². The number of carbonyl (C=O) groups excluding carboxylic acids is 1. The molecule has 0 unspecified atom stereocenters. The second-order valence-corrected chi connectivity index (χ2v) is 8.09. The van der Waals surface area contributed by atoms with Gasteiger partial charge in [0.05, 0.1) is 0 Å². The molecule has 1 fully saturated rings. The molecule has 0 spiro atoms. The van der Waals surface area contributed by atoms with Crippen LogP contribution < -0.4 is 0 Å². The molecule has 0 aromatic rings. The summed E-state index contributed by atoms with van der Waals surface area (Å²) in [7, 11) is 2.93. The molecule has 106 valence electrons. The maximum absolute atomic E-state index is 11.6.